The monoisotopic (exact) mass is 169 g/mol. The van der Waals surface area contributed by atoms with Gasteiger partial charge in [-0.25, -0.2) is 4.99 Å². The molecule has 0 N–H and O–H groups in total. The summed E-state index contributed by atoms with van der Waals surface area (Å²) in [5, 5.41) is 0. The summed E-state index contributed by atoms with van der Waals surface area (Å²) in [7, 11) is 1.58. The maximum atomic E-state index is 4.91. The van der Waals surface area contributed by atoms with Gasteiger partial charge in [0.15, 0.2) is 0 Å². The number of methoxy groups -OCH3 is 1. The molecule has 0 aromatic carbocycles. The van der Waals surface area contributed by atoms with Crippen molar-refractivity contribution in [3.63, 3.8) is 0 Å². The molecule has 0 aromatic rings. The maximum absolute atomic E-state index is 4.91. The van der Waals surface area contributed by atoms with Crippen LogP contribution in [0, 0.1) is 0 Å². The highest BCUT2D eigenvalue weighted by Gasteiger charge is 1.92. The molecule has 0 aliphatic rings. The van der Waals surface area contributed by atoms with E-state index in [1.54, 1.807) is 7.11 Å². The fourth-order valence-electron chi connectivity index (χ4n) is 0.672. The molecule has 0 heterocycles. The zero-order valence-corrected chi connectivity index (χ0v) is 8.72. The zero-order chi connectivity index (χ0) is 9.98. The van der Waals surface area contributed by atoms with Crippen molar-refractivity contribution in [3.8, 4) is 0 Å². The van der Waals surface area contributed by atoms with Crippen molar-refractivity contribution in [2.75, 3.05) is 7.11 Å². The lowest BCUT2D eigenvalue weighted by Gasteiger charge is -1.99. The van der Waals surface area contributed by atoms with Gasteiger partial charge in [0, 0.05) is 5.57 Å². The Bertz CT molecular complexity index is 169. The molecular weight excluding hydrogens is 150 g/mol. The zero-order valence-electron chi connectivity index (χ0n) is 8.72. The summed E-state index contributed by atoms with van der Waals surface area (Å²) in [5.41, 5.74) is 0.986. The topological polar surface area (TPSA) is 21.6 Å². The third-order valence-corrected chi connectivity index (χ3v) is 1.09. The van der Waals surface area contributed by atoms with Crippen LogP contribution in [-0.4, -0.2) is 13.8 Å². The molecule has 0 unspecified atom stereocenters. The lowest BCUT2D eigenvalue weighted by atomic mass is 10.3. The fraction of sp³-hybridized carbons (Fsp3) is 0.500. The Morgan fingerprint density at radius 1 is 1.42 bits per heavy atom. The first kappa shape index (κ1) is 13.5. The van der Waals surface area contributed by atoms with Crippen molar-refractivity contribution in [2.24, 2.45) is 4.99 Å². The third kappa shape index (κ3) is 5.71. The standard InChI is InChI=1S/C8H13NO.C2H6/c1-5-6-7(2)8(9-3)10-4;1-2/h5-6H,3H2,1-2,4H3;1-2H3/b6-5-,8-7+;. The minimum atomic E-state index is 0.582. The van der Waals surface area contributed by atoms with Crippen LogP contribution in [0.1, 0.15) is 27.7 Å². The fourth-order valence-corrected chi connectivity index (χ4v) is 0.672. The number of hydrogen-bond acceptors (Lipinski definition) is 2. The lowest BCUT2D eigenvalue weighted by Crippen LogP contribution is -1.84. The van der Waals surface area contributed by atoms with Crippen LogP contribution in [0.2, 0.25) is 0 Å². The Balaban J connectivity index is 0. The molecule has 0 spiro atoms. The van der Waals surface area contributed by atoms with Crippen LogP contribution < -0.4 is 0 Å². The Hall–Kier alpha value is -1.05. The average molecular weight is 169 g/mol. The molecule has 0 fully saturated rings. The molecule has 0 saturated carbocycles. The summed E-state index contributed by atoms with van der Waals surface area (Å²) in [5.74, 6) is 0.582. The molecule has 0 amide bonds. The minimum absolute atomic E-state index is 0.582. The second-order valence-electron chi connectivity index (χ2n) is 1.85. The van der Waals surface area contributed by atoms with Crippen molar-refractivity contribution >= 4 is 6.72 Å². The largest absolute Gasteiger partial charge is 0.481 e. The van der Waals surface area contributed by atoms with E-state index in [1.807, 2.05) is 39.8 Å². The Kier molecular flexibility index (Phi) is 11.2. The summed E-state index contributed by atoms with van der Waals surface area (Å²) in [6.45, 7) is 11.2. The summed E-state index contributed by atoms with van der Waals surface area (Å²) in [6, 6.07) is 0. The number of hydrogen-bond donors (Lipinski definition) is 0. The predicted octanol–water partition coefficient (Wildman–Crippen LogP) is 3.17. The maximum Gasteiger partial charge on any atom is 0.215 e. The quantitative estimate of drug-likeness (QED) is 0.361. The van der Waals surface area contributed by atoms with Gasteiger partial charge in [0.2, 0.25) is 5.88 Å². The van der Waals surface area contributed by atoms with E-state index in [0.29, 0.717) is 5.88 Å². The van der Waals surface area contributed by atoms with Crippen LogP contribution in [0.15, 0.2) is 28.6 Å². The molecule has 0 aliphatic carbocycles. The van der Waals surface area contributed by atoms with Gasteiger partial charge in [-0.2, -0.15) is 0 Å². The van der Waals surface area contributed by atoms with Crippen LogP contribution in [0.4, 0.5) is 0 Å². The molecule has 0 bridgehead atoms. The molecule has 70 valence electrons. The molecule has 0 aliphatic heterocycles. The Morgan fingerprint density at radius 3 is 2.17 bits per heavy atom. The highest BCUT2D eigenvalue weighted by atomic mass is 16.5. The van der Waals surface area contributed by atoms with Crippen LogP contribution >= 0.6 is 0 Å². The van der Waals surface area contributed by atoms with Gasteiger partial charge in [-0.05, 0) is 20.6 Å². The van der Waals surface area contributed by atoms with E-state index >= 15 is 0 Å². The summed E-state index contributed by atoms with van der Waals surface area (Å²) in [6.07, 6.45) is 3.85. The first-order chi connectivity index (χ1) is 5.76. The second kappa shape index (κ2) is 9.95. The molecule has 0 atom stereocenters. The highest BCUT2D eigenvalue weighted by molar-refractivity contribution is 5.31. The van der Waals surface area contributed by atoms with Gasteiger partial charge in [0.25, 0.3) is 0 Å². The van der Waals surface area contributed by atoms with Gasteiger partial charge >= 0.3 is 0 Å². The molecular formula is C10H19NO. The smallest absolute Gasteiger partial charge is 0.215 e. The molecule has 12 heavy (non-hydrogen) atoms. The van der Waals surface area contributed by atoms with E-state index < -0.39 is 0 Å². The average Bonchev–Trinajstić information content (AvgIpc) is 2.11. The van der Waals surface area contributed by atoms with Crippen molar-refractivity contribution in [1.29, 1.82) is 0 Å². The van der Waals surface area contributed by atoms with E-state index in [-0.39, 0.29) is 0 Å². The van der Waals surface area contributed by atoms with Gasteiger partial charge in [-0.15, -0.1) is 0 Å². The van der Waals surface area contributed by atoms with Crippen molar-refractivity contribution in [2.45, 2.75) is 27.7 Å². The van der Waals surface area contributed by atoms with Crippen LogP contribution in [0.25, 0.3) is 0 Å². The van der Waals surface area contributed by atoms with E-state index in [9.17, 15) is 0 Å². The van der Waals surface area contributed by atoms with Crippen LogP contribution in [0.5, 0.6) is 0 Å². The number of rotatable bonds is 3. The number of nitrogens with zero attached hydrogens (tertiary/aromatic N) is 1. The summed E-state index contributed by atoms with van der Waals surface area (Å²) < 4.78 is 4.91. The lowest BCUT2D eigenvalue weighted by molar-refractivity contribution is 0.285. The van der Waals surface area contributed by atoms with Gasteiger partial charge < -0.3 is 4.74 Å². The number of allylic oxidation sites excluding steroid dienone is 3. The summed E-state index contributed by atoms with van der Waals surface area (Å²) in [4.78, 5) is 3.68. The van der Waals surface area contributed by atoms with Gasteiger partial charge in [0.05, 0.1) is 7.11 Å². The highest BCUT2D eigenvalue weighted by Crippen LogP contribution is 2.06. The van der Waals surface area contributed by atoms with Crippen molar-refractivity contribution in [1.82, 2.24) is 0 Å². The SMILES string of the molecule is C=N/C(OC)=C(C)\C=C/C.CC. The van der Waals surface area contributed by atoms with Gasteiger partial charge in [-0.1, -0.05) is 26.0 Å². The molecule has 0 aromatic heterocycles. The van der Waals surface area contributed by atoms with E-state index in [4.69, 9.17) is 4.74 Å². The second-order valence-corrected chi connectivity index (χ2v) is 1.85. The molecule has 2 nitrogen and oxygen atoms in total. The third-order valence-electron chi connectivity index (χ3n) is 1.09. The first-order valence-corrected chi connectivity index (χ1v) is 4.10. The van der Waals surface area contributed by atoms with Crippen LogP contribution in [-0.2, 0) is 4.74 Å². The minimum Gasteiger partial charge on any atom is -0.481 e. The van der Waals surface area contributed by atoms with E-state index in [2.05, 4.69) is 11.7 Å². The first-order valence-electron chi connectivity index (χ1n) is 4.10. The number of ether oxygens (including phenoxy) is 1. The molecule has 0 radical (unpaired) electrons. The number of aliphatic imine (C=N–C) groups is 1. The predicted molar refractivity (Wildman–Crippen MR) is 55.4 cm³/mol. The molecule has 0 saturated heterocycles. The molecule has 0 rings (SSSR count). The van der Waals surface area contributed by atoms with Gasteiger partial charge in [0.1, 0.15) is 0 Å². The van der Waals surface area contributed by atoms with E-state index in [0.717, 1.165) is 5.57 Å². The van der Waals surface area contributed by atoms with E-state index in [1.165, 1.54) is 0 Å². The van der Waals surface area contributed by atoms with Crippen molar-refractivity contribution in [3.05, 3.63) is 23.6 Å². The van der Waals surface area contributed by atoms with Crippen LogP contribution in [0.3, 0.4) is 0 Å². The molecule has 2 heteroatoms. The summed E-state index contributed by atoms with van der Waals surface area (Å²) >= 11 is 0. The van der Waals surface area contributed by atoms with Crippen molar-refractivity contribution < 1.29 is 4.74 Å². The Labute approximate surface area is 75.7 Å². The Morgan fingerprint density at radius 2 is 1.92 bits per heavy atom. The van der Waals surface area contributed by atoms with Gasteiger partial charge in [-0.3, -0.25) is 0 Å². The normalized spacial score (nSPS) is 11.4.